The fourth-order valence-corrected chi connectivity index (χ4v) is 7.97. The molecule has 0 aromatic carbocycles. The van der Waals surface area contributed by atoms with Crippen molar-refractivity contribution in [3.05, 3.63) is 37.7 Å². The summed E-state index contributed by atoms with van der Waals surface area (Å²) in [5, 5.41) is 18.3. The number of hydrogen-bond acceptors (Lipinski definition) is 10. The Balaban J connectivity index is 1.42. The summed E-state index contributed by atoms with van der Waals surface area (Å²) in [6.07, 6.45) is 7.55. The molecule has 6 rings (SSSR count). The average Bonchev–Trinajstić information content (AvgIpc) is 3.59. The van der Waals surface area contributed by atoms with Crippen LogP contribution < -0.4 is 22.3 Å². The Morgan fingerprint density at radius 2 is 2.08 bits per heavy atom. The molecule has 11 heteroatoms. The topological polar surface area (TPSA) is 163 Å². The second-order valence-corrected chi connectivity index (χ2v) is 11.8. The molecule has 4 heterocycles. The van der Waals surface area contributed by atoms with Crippen LogP contribution >= 0.6 is 11.3 Å². The molecule has 3 aromatic rings. The molecule has 194 valence electrons. The lowest BCUT2D eigenvalue weighted by Gasteiger charge is -2.39. The minimum absolute atomic E-state index is 0.0643. The predicted octanol–water partition coefficient (Wildman–Crippen LogP) is 3.38. The Bertz CT molecular complexity index is 1460. The summed E-state index contributed by atoms with van der Waals surface area (Å²) in [6, 6.07) is 2.76. The summed E-state index contributed by atoms with van der Waals surface area (Å²) in [7, 11) is 2.11. The molecule has 0 saturated carbocycles. The van der Waals surface area contributed by atoms with E-state index >= 15 is 0 Å². The summed E-state index contributed by atoms with van der Waals surface area (Å²) in [6.45, 7) is 3.15. The third-order valence-corrected chi connectivity index (χ3v) is 9.64. The van der Waals surface area contributed by atoms with E-state index in [-0.39, 0.29) is 11.7 Å². The first-order valence-electron chi connectivity index (χ1n) is 13.0. The highest BCUT2D eigenvalue weighted by Gasteiger charge is 2.48. The Morgan fingerprint density at radius 1 is 1.30 bits per heavy atom. The maximum atomic E-state index is 12.9. The van der Waals surface area contributed by atoms with Crippen LogP contribution in [0.2, 0.25) is 0 Å². The second kappa shape index (κ2) is 8.89. The van der Waals surface area contributed by atoms with Gasteiger partial charge in [-0.05, 0) is 77.4 Å². The van der Waals surface area contributed by atoms with Gasteiger partial charge in [-0.2, -0.15) is 5.26 Å². The number of H-pyrrole nitrogens is 1. The molecular weight excluding hydrogens is 488 g/mol. The number of likely N-dealkylation sites (tertiary alicyclic amines) is 1. The highest BCUT2D eigenvalue weighted by atomic mass is 32.1. The summed E-state index contributed by atoms with van der Waals surface area (Å²) in [5.41, 5.74) is 14.7. The van der Waals surface area contributed by atoms with Crippen LogP contribution in [0.3, 0.4) is 0 Å². The number of likely N-dealkylation sites (N-methyl/N-ethyl adjacent to an activating group) is 1. The largest absolute Gasteiger partial charge is 0.391 e. The molecule has 0 radical (unpaired) electrons. The van der Waals surface area contributed by atoms with Crippen LogP contribution in [0.1, 0.15) is 72.8 Å². The van der Waals surface area contributed by atoms with Crippen molar-refractivity contribution in [2.24, 2.45) is 0 Å². The maximum Gasteiger partial charge on any atom is 0.276 e. The van der Waals surface area contributed by atoms with Crippen molar-refractivity contribution in [1.29, 1.82) is 5.26 Å². The average molecular weight is 521 g/mol. The molecule has 10 nitrogen and oxygen atoms in total. The minimum atomic E-state index is -0.428. The first kappa shape index (κ1) is 24.0. The molecule has 0 amide bonds. The van der Waals surface area contributed by atoms with Crippen molar-refractivity contribution in [3.63, 3.8) is 0 Å². The normalized spacial score (nSPS) is 24.0. The molecule has 1 aliphatic heterocycles. The molecule has 3 aliphatic rings. The molecule has 1 saturated heterocycles. The van der Waals surface area contributed by atoms with Gasteiger partial charge in [0, 0.05) is 22.5 Å². The van der Waals surface area contributed by atoms with Crippen molar-refractivity contribution >= 4 is 27.8 Å². The molecule has 3 atom stereocenters. The smallest absolute Gasteiger partial charge is 0.276 e. The highest BCUT2D eigenvalue weighted by molar-refractivity contribution is 7.16. The Kier molecular flexibility index (Phi) is 5.76. The van der Waals surface area contributed by atoms with Crippen LogP contribution in [0.25, 0.3) is 11.5 Å². The molecule has 1 fully saturated rings. The van der Waals surface area contributed by atoms with Gasteiger partial charge in [-0.1, -0.05) is 5.16 Å². The molecule has 37 heavy (non-hydrogen) atoms. The van der Waals surface area contributed by atoms with Gasteiger partial charge in [0.15, 0.2) is 23.1 Å². The zero-order valence-electron chi connectivity index (χ0n) is 21.2. The summed E-state index contributed by atoms with van der Waals surface area (Å²) in [5.74, 6) is 1.49. The van der Waals surface area contributed by atoms with Crippen LogP contribution in [0.4, 0.5) is 16.5 Å². The molecular formula is C26H32N8O2S. The van der Waals surface area contributed by atoms with E-state index in [2.05, 4.69) is 40.4 Å². The zero-order valence-corrected chi connectivity index (χ0v) is 22.0. The monoisotopic (exact) mass is 520 g/mol. The number of aromatic nitrogens is 3. The van der Waals surface area contributed by atoms with Crippen LogP contribution in [0.15, 0.2) is 9.32 Å². The van der Waals surface area contributed by atoms with Crippen LogP contribution in [-0.2, 0) is 18.3 Å². The fourth-order valence-electron chi connectivity index (χ4n) is 6.81. The Hall–Kier alpha value is -3.36. The highest BCUT2D eigenvalue weighted by Crippen LogP contribution is 2.55. The van der Waals surface area contributed by atoms with E-state index in [4.69, 9.17) is 21.0 Å². The number of aromatic amines is 1. The van der Waals surface area contributed by atoms with Crippen molar-refractivity contribution in [1.82, 2.24) is 20.0 Å². The van der Waals surface area contributed by atoms with Crippen molar-refractivity contribution < 1.29 is 4.52 Å². The summed E-state index contributed by atoms with van der Waals surface area (Å²) < 4.78 is 6.07. The summed E-state index contributed by atoms with van der Waals surface area (Å²) >= 11 is 1.52. The number of nitrogens with two attached hydrogens (primary N) is 2. The number of nitrogen functional groups attached to an aromatic ring is 2. The SMILES string of the molecule is CC(Nc1nc(-c2noc3c2CCCC32CCCc3sc(N)c(C#N)c32)[nH]c(=O)c1N)C1CCCN1C. The van der Waals surface area contributed by atoms with E-state index in [1.54, 1.807) is 0 Å². The maximum absolute atomic E-state index is 12.9. The minimum Gasteiger partial charge on any atom is -0.391 e. The lowest BCUT2D eigenvalue weighted by Crippen LogP contribution is -2.40. The number of thiophene rings is 1. The van der Waals surface area contributed by atoms with Crippen molar-refractivity contribution in [2.75, 3.05) is 30.4 Å². The fraction of sp³-hybridized carbons (Fsp3) is 0.538. The van der Waals surface area contributed by atoms with Gasteiger partial charge in [-0.15, -0.1) is 11.3 Å². The summed E-state index contributed by atoms with van der Waals surface area (Å²) in [4.78, 5) is 23.9. The number of hydrogen-bond donors (Lipinski definition) is 4. The van der Waals surface area contributed by atoms with E-state index in [9.17, 15) is 10.1 Å². The van der Waals surface area contributed by atoms with Crippen molar-refractivity contribution in [2.45, 2.75) is 75.8 Å². The van der Waals surface area contributed by atoms with Gasteiger partial charge in [0.05, 0.1) is 11.0 Å². The lowest BCUT2D eigenvalue weighted by atomic mass is 9.63. The molecule has 2 aliphatic carbocycles. The third-order valence-electron chi connectivity index (χ3n) is 8.56. The van der Waals surface area contributed by atoms with Crippen LogP contribution in [0.5, 0.6) is 0 Å². The quantitative estimate of drug-likeness (QED) is 0.404. The molecule has 3 unspecified atom stereocenters. The molecule has 1 spiro atoms. The van der Waals surface area contributed by atoms with Crippen LogP contribution in [0, 0.1) is 11.3 Å². The first-order valence-corrected chi connectivity index (χ1v) is 13.8. The van der Waals surface area contributed by atoms with E-state index < -0.39 is 11.0 Å². The van der Waals surface area contributed by atoms with E-state index in [1.807, 2.05) is 0 Å². The zero-order chi connectivity index (χ0) is 25.9. The number of aryl methyl sites for hydroxylation is 1. The van der Waals surface area contributed by atoms with Gasteiger partial charge in [-0.25, -0.2) is 4.98 Å². The van der Waals surface area contributed by atoms with E-state index in [1.165, 1.54) is 16.2 Å². The molecule has 3 aromatic heterocycles. The van der Waals surface area contributed by atoms with E-state index in [0.717, 1.165) is 74.8 Å². The van der Waals surface area contributed by atoms with Crippen molar-refractivity contribution in [3.8, 4) is 17.6 Å². The van der Waals surface area contributed by atoms with Gasteiger partial charge in [-0.3, -0.25) is 4.79 Å². The van der Waals surface area contributed by atoms with Gasteiger partial charge >= 0.3 is 0 Å². The van der Waals surface area contributed by atoms with E-state index in [0.29, 0.717) is 33.9 Å². The lowest BCUT2D eigenvalue weighted by molar-refractivity contribution is 0.265. The van der Waals surface area contributed by atoms with Gasteiger partial charge < -0.3 is 31.2 Å². The van der Waals surface area contributed by atoms with Gasteiger partial charge in [0.1, 0.15) is 16.8 Å². The van der Waals surface area contributed by atoms with Crippen LogP contribution in [-0.4, -0.2) is 45.7 Å². The number of anilines is 3. The second-order valence-electron chi connectivity index (χ2n) is 10.7. The number of fused-ring (bicyclic) bond motifs is 4. The Morgan fingerprint density at radius 3 is 2.81 bits per heavy atom. The number of nitrogens with one attached hydrogen (secondary N) is 2. The first-order chi connectivity index (χ1) is 17.8. The standard InChI is InChI=1S/C26H32N8O2S/c1-13(16-7-5-11-34(16)2)30-23-19(28)25(35)32-24(31-23)20-14-6-3-9-26(21(14)36-33-20)10-4-8-17-18(26)15(12-27)22(29)37-17/h13,16H,3-11,28-29H2,1-2H3,(H2,30,31,32,35). The number of rotatable bonds is 4. The molecule has 6 N–H and O–H groups in total. The predicted molar refractivity (Wildman–Crippen MR) is 144 cm³/mol. The molecule has 0 bridgehead atoms. The number of nitriles is 1. The number of nitrogens with zero attached hydrogens (tertiary/aromatic N) is 4. The third kappa shape index (κ3) is 3.65. The van der Waals surface area contributed by atoms with Gasteiger partial charge in [0.25, 0.3) is 5.56 Å². The Labute approximate surface area is 219 Å². The van der Waals surface area contributed by atoms with Gasteiger partial charge in [0.2, 0.25) is 0 Å².